The minimum atomic E-state index is 0.103. The first-order valence-electron chi connectivity index (χ1n) is 9.32. The molecule has 0 aliphatic heterocycles. The summed E-state index contributed by atoms with van der Waals surface area (Å²) in [5.41, 5.74) is 5.01. The molecule has 0 bridgehead atoms. The summed E-state index contributed by atoms with van der Waals surface area (Å²) >= 11 is 0. The maximum absolute atomic E-state index is 10.2. The topological polar surface area (TPSA) is 69.7 Å². The van der Waals surface area contributed by atoms with Gasteiger partial charge in [-0.05, 0) is 61.2 Å². The van der Waals surface area contributed by atoms with Crippen molar-refractivity contribution in [3.63, 3.8) is 0 Å². The minimum absolute atomic E-state index is 0.103. The van der Waals surface area contributed by atoms with Crippen LogP contribution < -0.4 is 0 Å². The third kappa shape index (κ3) is 4.19. The number of phenolic OH excluding ortho intramolecular Hbond substituents is 1. The number of hydrogen-bond acceptors (Lipinski definition) is 5. The molecule has 0 aromatic heterocycles. The lowest BCUT2D eigenvalue weighted by Gasteiger charge is -2.03. The highest BCUT2D eigenvalue weighted by Crippen LogP contribution is 2.36. The van der Waals surface area contributed by atoms with E-state index in [0.29, 0.717) is 11.4 Å². The molecule has 142 valence electrons. The zero-order valence-electron chi connectivity index (χ0n) is 16.2. The second-order valence-electron chi connectivity index (χ2n) is 6.86. The zero-order chi connectivity index (χ0) is 20.2. The van der Waals surface area contributed by atoms with Crippen LogP contribution in [0.15, 0.2) is 99.3 Å². The van der Waals surface area contributed by atoms with Crippen LogP contribution in [0.2, 0.25) is 0 Å². The fraction of sp³-hybridized carbons (Fsp3) is 0.0833. The van der Waals surface area contributed by atoms with Gasteiger partial charge >= 0.3 is 0 Å². The van der Waals surface area contributed by atoms with Crippen LogP contribution in [0.4, 0.5) is 22.7 Å². The summed E-state index contributed by atoms with van der Waals surface area (Å²) < 4.78 is 0. The molecule has 4 aromatic rings. The van der Waals surface area contributed by atoms with Crippen molar-refractivity contribution in [3.05, 3.63) is 90.0 Å². The van der Waals surface area contributed by atoms with Gasteiger partial charge in [0.05, 0.1) is 17.1 Å². The smallest absolute Gasteiger partial charge is 0.143 e. The van der Waals surface area contributed by atoms with Gasteiger partial charge in [-0.25, -0.2) is 0 Å². The molecule has 0 aliphatic carbocycles. The number of aryl methyl sites for hydroxylation is 2. The second-order valence-corrected chi connectivity index (χ2v) is 6.86. The number of aromatic hydroxyl groups is 1. The van der Waals surface area contributed by atoms with E-state index in [1.54, 1.807) is 6.07 Å². The summed E-state index contributed by atoms with van der Waals surface area (Å²) in [6, 6.07) is 24.6. The van der Waals surface area contributed by atoms with E-state index in [0.717, 1.165) is 27.7 Å². The van der Waals surface area contributed by atoms with Crippen LogP contribution in [0.1, 0.15) is 11.1 Å². The van der Waals surface area contributed by atoms with Gasteiger partial charge < -0.3 is 5.11 Å². The SMILES string of the molecule is Cc1ccc(N=Nc2ccc(N=Nc3c(O)ccc4ccccc34)cc2)c(C)c1. The van der Waals surface area contributed by atoms with E-state index in [1.807, 2.05) is 73.7 Å². The van der Waals surface area contributed by atoms with Crippen LogP contribution in [-0.4, -0.2) is 5.11 Å². The van der Waals surface area contributed by atoms with E-state index in [1.165, 1.54) is 5.56 Å². The van der Waals surface area contributed by atoms with Crippen LogP contribution in [0.25, 0.3) is 10.8 Å². The number of nitrogens with zero attached hydrogens (tertiary/aromatic N) is 4. The Hall–Kier alpha value is -3.86. The van der Waals surface area contributed by atoms with Gasteiger partial charge in [0.25, 0.3) is 0 Å². The minimum Gasteiger partial charge on any atom is -0.506 e. The second kappa shape index (κ2) is 8.02. The van der Waals surface area contributed by atoms with Crippen molar-refractivity contribution in [2.45, 2.75) is 13.8 Å². The van der Waals surface area contributed by atoms with E-state index in [9.17, 15) is 5.11 Å². The Labute approximate surface area is 169 Å². The predicted octanol–water partition coefficient (Wildman–Crippen LogP) is 7.99. The summed E-state index contributed by atoms with van der Waals surface area (Å²) in [6.07, 6.45) is 0. The fourth-order valence-corrected chi connectivity index (χ4v) is 3.07. The molecule has 0 atom stereocenters. The molecule has 0 heterocycles. The van der Waals surface area contributed by atoms with E-state index in [-0.39, 0.29) is 5.75 Å². The van der Waals surface area contributed by atoms with Crippen molar-refractivity contribution < 1.29 is 5.11 Å². The van der Waals surface area contributed by atoms with Gasteiger partial charge in [-0.1, -0.05) is 48.0 Å². The largest absolute Gasteiger partial charge is 0.506 e. The van der Waals surface area contributed by atoms with Gasteiger partial charge in [0, 0.05) is 5.39 Å². The standard InChI is InChI=1S/C24H20N4O/c1-16-7-13-22(17(2)15-16)27-25-19-9-11-20(12-10-19)26-28-24-21-6-4-3-5-18(21)8-14-23(24)29/h3-15,29H,1-2H3. The number of benzene rings is 4. The first-order valence-corrected chi connectivity index (χ1v) is 9.32. The lowest BCUT2D eigenvalue weighted by atomic mass is 10.1. The van der Waals surface area contributed by atoms with Gasteiger partial charge in [0.1, 0.15) is 11.4 Å². The summed E-state index contributed by atoms with van der Waals surface area (Å²) in [5.74, 6) is 0.103. The van der Waals surface area contributed by atoms with Crippen molar-refractivity contribution in [2.75, 3.05) is 0 Å². The highest BCUT2D eigenvalue weighted by Gasteiger charge is 2.05. The number of azo groups is 2. The molecular formula is C24H20N4O. The number of fused-ring (bicyclic) bond motifs is 1. The highest BCUT2D eigenvalue weighted by molar-refractivity contribution is 5.95. The molecule has 0 spiro atoms. The highest BCUT2D eigenvalue weighted by atomic mass is 16.3. The number of phenols is 1. The Morgan fingerprint density at radius 3 is 2.07 bits per heavy atom. The molecule has 4 aromatic carbocycles. The van der Waals surface area contributed by atoms with Gasteiger partial charge in [-0.15, -0.1) is 5.11 Å². The van der Waals surface area contributed by atoms with Gasteiger partial charge in [-0.3, -0.25) is 0 Å². The van der Waals surface area contributed by atoms with Crippen molar-refractivity contribution in [3.8, 4) is 5.75 Å². The molecule has 0 amide bonds. The average Bonchev–Trinajstić information content (AvgIpc) is 2.73. The molecular weight excluding hydrogens is 360 g/mol. The Kier molecular flexibility index (Phi) is 5.12. The summed E-state index contributed by atoms with van der Waals surface area (Å²) in [7, 11) is 0. The van der Waals surface area contributed by atoms with Crippen LogP contribution in [0.3, 0.4) is 0 Å². The molecule has 0 radical (unpaired) electrons. The van der Waals surface area contributed by atoms with Crippen molar-refractivity contribution in [2.24, 2.45) is 20.5 Å². The van der Waals surface area contributed by atoms with E-state index in [2.05, 4.69) is 33.4 Å². The molecule has 4 rings (SSSR count). The van der Waals surface area contributed by atoms with Crippen molar-refractivity contribution in [1.82, 2.24) is 0 Å². The average molecular weight is 380 g/mol. The monoisotopic (exact) mass is 380 g/mol. The molecule has 0 unspecified atom stereocenters. The lowest BCUT2D eigenvalue weighted by molar-refractivity contribution is 0.477. The fourth-order valence-electron chi connectivity index (χ4n) is 3.07. The summed E-state index contributed by atoms with van der Waals surface area (Å²) in [6.45, 7) is 4.08. The Morgan fingerprint density at radius 1 is 0.655 bits per heavy atom. The first kappa shape index (κ1) is 18.5. The molecule has 0 saturated carbocycles. The van der Waals surface area contributed by atoms with Crippen LogP contribution >= 0.6 is 0 Å². The van der Waals surface area contributed by atoms with Crippen LogP contribution in [-0.2, 0) is 0 Å². The third-order valence-corrected chi connectivity index (χ3v) is 4.62. The maximum atomic E-state index is 10.2. The Morgan fingerprint density at radius 2 is 1.34 bits per heavy atom. The lowest BCUT2D eigenvalue weighted by Crippen LogP contribution is -1.76. The van der Waals surface area contributed by atoms with E-state index in [4.69, 9.17) is 0 Å². The Bertz CT molecular complexity index is 1230. The molecule has 29 heavy (non-hydrogen) atoms. The summed E-state index contributed by atoms with van der Waals surface area (Å²) in [4.78, 5) is 0. The van der Waals surface area contributed by atoms with Crippen molar-refractivity contribution in [1.29, 1.82) is 0 Å². The molecule has 5 heteroatoms. The van der Waals surface area contributed by atoms with Crippen molar-refractivity contribution >= 4 is 33.5 Å². The molecule has 0 aliphatic rings. The third-order valence-electron chi connectivity index (χ3n) is 4.62. The normalized spacial score (nSPS) is 11.7. The summed E-state index contributed by atoms with van der Waals surface area (Å²) in [5, 5.41) is 29.2. The Balaban J connectivity index is 1.54. The predicted molar refractivity (Wildman–Crippen MR) is 116 cm³/mol. The zero-order valence-corrected chi connectivity index (χ0v) is 16.2. The number of rotatable bonds is 4. The maximum Gasteiger partial charge on any atom is 0.143 e. The van der Waals surface area contributed by atoms with E-state index >= 15 is 0 Å². The van der Waals surface area contributed by atoms with Crippen LogP contribution in [0.5, 0.6) is 5.75 Å². The number of hydrogen-bond donors (Lipinski definition) is 1. The quantitative estimate of drug-likeness (QED) is 0.358. The first-order chi connectivity index (χ1) is 14.1. The van der Waals surface area contributed by atoms with Gasteiger partial charge in [0.2, 0.25) is 0 Å². The molecule has 1 N–H and O–H groups in total. The van der Waals surface area contributed by atoms with Gasteiger partial charge in [-0.2, -0.15) is 15.3 Å². The van der Waals surface area contributed by atoms with E-state index < -0.39 is 0 Å². The molecule has 5 nitrogen and oxygen atoms in total. The molecule has 0 fully saturated rings. The van der Waals surface area contributed by atoms with Gasteiger partial charge in [0.15, 0.2) is 0 Å². The van der Waals surface area contributed by atoms with Crippen LogP contribution in [0, 0.1) is 13.8 Å². The molecule has 0 saturated heterocycles.